The van der Waals surface area contributed by atoms with Crippen molar-refractivity contribution in [3.05, 3.63) is 29.6 Å². The van der Waals surface area contributed by atoms with Gasteiger partial charge in [0, 0.05) is 18.7 Å². The summed E-state index contributed by atoms with van der Waals surface area (Å²) in [6.45, 7) is 0. The summed E-state index contributed by atoms with van der Waals surface area (Å²) in [5.74, 6) is -0.613. The van der Waals surface area contributed by atoms with E-state index in [0.717, 1.165) is 25.3 Å². The minimum absolute atomic E-state index is 0.0195. The Kier molecular flexibility index (Phi) is 3.89. The van der Waals surface area contributed by atoms with Crippen LogP contribution in [0, 0.1) is 5.82 Å². The summed E-state index contributed by atoms with van der Waals surface area (Å²) in [6, 6.07) is 3.54. The molecule has 0 radical (unpaired) electrons. The molecule has 0 spiro atoms. The predicted molar refractivity (Wildman–Crippen MR) is 74.9 cm³/mol. The minimum atomic E-state index is -3.62. The molecule has 1 aromatic carbocycles. The first-order valence-electron chi connectivity index (χ1n) is 5.91. The number of halogens is 1. The molecule has 0 aliphatic heterocycles. The van der Waals surface area contributed by atoms with E-state index in [0.29, 0.717) is 0 Å². The van der Waals surface area contributed by atoms with Crippen molar-refractivity contribution in [1.29, 1.82) is 0 Å². The Bertz CT molecular complexity index is 612. The fraction of sp³-hybridized carbons (Fsp3) is 0.417. The van der Waals surface area contributed by atoms with Crippen LogP contribution in [0.4, 0.5) is 4.39 Å². The van der Waals surface area contributed by atoms with Gasteiger partial charge in [-0.1, -0.05) is 18.6 Å². The van der Waals surface area contributed by atoms with Crippen molar-refractivity contribution >= 4 is 27.2 Å². The molecule has 4 nitrogen and oxygen atoms in total. The number of nitrogens with two attached hydrogens (primary N) is 1. The van der Waals surface area contributed by atoms with Gasteiger partial charge in [-0.3, -0.25) is 0 Å². The topological polar surface area (TPSA) is 63.4 Å². The van der Waals surface area contributed by atoms with Crippen LogP contribution < -0.4 is 5.73 Å². The molecule has 1 aliphatic carbocycles. The standard InChI is InChI=1S/C12H15FN2O2S2/c1-15(8-3-2-4-8)19(16,17)9-5-6-11(13)10(7-9)12(14)18/h5-8H,2-4H2,1H3,(H2,14,18). The summed E-state index contributed by atoms with van der Waals surface area (Å²) in [4.78, 5) is -0.132. The molecule has 7 heteroatoms. The van der Waals surface area contributed by atoms with E-state index in [1.807, 2.05) is 0 Å². The van der Waals surface area contributed by atoms with Gasteiger partial charge in [-0.25, -0.2) is 12.8 Å². The first kappa shape index (κ1) is 14.4. The van der Waals surface area contributed by atoms with E-state index < -0.39 is 15.8 Å². The maximum atomic E-state index is 13.5. The largest absolute Gasteiger partial charge is 0.389 e. The molecule has 104 valence electrons. The Morgan fingerprint density at radius 3 is 2.58 bits per heavy atom. The van der Waals surface area contributed by atoms with Gasteiger partial charge in [-0.15, -0.1) is 0 Å². The third-order valence-corrected chi connectivity index (χ3v) is 5.60. The number of benzene rings is 1. The van der Waals surface area contributed by atoms with Crippen molar-refractivity contribution < 1.29 is 12.8 Å². The molecule has 1 saturated carbocycles. The van der Waals surface area contributed by atoms with Crippen molar-refractivity contribution in [2.75, 3.05) is 7.05 Å². The van der Waals surface area contributed by atoms with Gasteiger partial charge >= 0.3 is 0 Å². The lowest BCUT2D eigenvalue weighted by atomic mass is 9.94. The normalized spacial score (nSPS) is 16.4. The molecule has 0 saturated heterocycles. The van der Waals surface area contributed by atoms with Gasteiger partial charge in [-0.2, -0.15) is 4.31 Å². The number of sulfonamides is 1. The van der Waals surface area contributed by atoms with Gasteiger partial charge in [0.1, 0.15) is 10.8 Å². The molecule has 19 heavy (non-hydrogen) atoms. The molecule has 0 atom stereocenters. The zero-order chi connectivity index (χ0) is 14.2. The molecule has 0 bridgehead atoms. The Hall–Kier alpha value is -1.05. The summed E-state index contributed by atoms with van der Waals surface area (Å²) in [7, 11) is -2.08. The first-order valence-corrected chi connectivity index (χ1v) is 7.76. The monoisotopic (exact) mass is 302 g/mol. The predicted octanol–water partition coefficient (Wildman–Crippen LogP) is 1.63. The summed E-state index contributed by atoms with van der Waals surface area (Å²) >= 11 is 4.71. The molecular weight excluding hydrogens is 287 g/mol. The van der Waals surface area contributed by atoms with Crippen LogP contribution in [0.15, 0.2) is 23.1 Å². The summed E-state index contributed by atoms with van der Waals surface area (Å²) in [5, 5.41) is 0. The van der Waals surface area contributed by atoms with Crippen LogP contribution in [0.5, 0.6) is 0 Å². The molecule has 0 heterocycles. The van der Waals surface area contributed by atoms with E-state index in [-0.39, 0.29) is 21.5 Å². The van der Waals surface area contributed by atoms with Crippen LogP contribution in [-0.4, -0.2) is 30.8 Å². The maximum Gasteiger partial charge on any atom is 0.243 e. The highest BCUT2D eigenvalue weighted by Gasteiger charge is 2.32. The van der Waals surface area contributed by atoms with Crippen molar-refractivity contribution in [3.8, 4) is 0 Å². The smallest absolute Gasteiger partial charge is 0.243 e. The van der Waals surface area contributed by atoms with E-state index >= 15 is 0 Å². The molecule has 0 amide bonds. The third kappa shape index (κ3) is 2.63. The van der Waals surface area contributed by atoms with Crippen LogP contribution in [0.2, 0.25) is 0 Å². The van der Waals surface area contributed by atoms with Gasteiger partial charge in [0.2, 0.25) is 10.0 Å². The van der Waals surface area contributed by atoms with Gasteiger partial charge in [0.15, 0.2) is 0 Å². The fourth-order valence-electron chi connectivity index (χ4n) is 1.97. The molecule has 1 aromatic rings. The van der Waals surface area contributed by atoms with Crippen LogP contribution in [0.25, 0.3) is 0 Å². The van der Waals surface area contributed by atoms with Gasteiger partial charge in [0.25, 0.3) is 0 Å². The van der Waals surface area contributed by atoms with E-state index in [1.165, 1.54) is 16.4 Å². The fourth-order valence-corrected chi connectivity index (χ4v) is 3.57. The molecule has 1 aliphatic rings. The lowest BCUT2D eigenvalue weighted by Gasteiger charge is -2.33. The minimum Gasteiger partial charge on any atom is -0.389 e. The Balaban J connectivity index is 2.40. The number of thiocarbonyl (C=S) groups is 1. The van der Waals surface area contributed by atoms with Crippen molar-refractivity contribution in [3.63, 3.8) is 0 Å². The molecule has 2 rings (SSSR count). The zero-order valence-corrected chi connectivity index (χ0v) is 12.1. The highest BCUT2D eigenvalue weighted by Crippen LogP contribution is 2.29. The average molecular weight is 302 g/mol. The second kappa shape index (κ2) is 5.15. The second-order valence-corrected chi connectivity index (χ2v) is 7.05. The molecular formula is C12H15FN2O2S2. The van der Waals surface area contributed by atoms with Gasteiger partial charge < -0.3 is 5.73 Å². The van der Waals surface area contributed by atoms with Gasteiger partial charge in [-0.05, 0) is 31.0 Å². The molecule has 2 N–H and O–H groups in total. The van der Waals surface area contributed by atoms with Crippen molar-refractivity contribution in [2.45, 2.75) is 30.2 Å². The van der Waals surface area contributed by atoms with Crippen LogP contribution in [0.1, 0.15) is 24.8 Å². The molecule has 0 aromatic heterocycles. The highest BCUT2D eigenvalue weighted by molar-refractivity contribution is 7.89. The van der Waals surface area contributed by atoms with E-state index in [9.17, 15) is 12.8 Å². The zero-order valence-electron chi connectivity index (χ0n) is 10.5. The summed E-state index contributed by atoms with van der Waals surface area (Å²) in [5.41, 5.74) is 5.34. The van der Waals surface area contributed by atoms with E-state index in [1.54, 1.807) is 7.05 Å². The highest BCUT2D eigenvalue weighted by atomic mass is 32.2. The third-order valence-electron chi connectivity index (χ3n) is 3.47. The Morgan fingerprint density at radius 2 is 2.11 bits per heavy atom. The quantitative estimate of drug-likeness (QED) is 0.859. The number of hydrogen-bond donors (Lipinski definition) is 1. The van der Waals surface area contributed by atoms with Gasteiger partial charge in [0.05, 0.1) is 4.90 Å². The van der Waals surface area contributed by atoms with Crippen molar-refractivity contribution in [2.24, 2.45) is 5.73 Å². The van der Waals surface area contributed by atoms with Crippen LogP contribution in [0.3, 0.4) is 0 Å². The van der Waals surface area contributed by atoms with Crippen LogP contribution >= 0.6 is 12.2 Å². The van der Waals surface area contributed by atoms with Crippen molar-refractivity contribution in [1.82, 2.24) is 4.31 Å². The summed E-state index contributed by atoms with van der Waals surface area (Å²) < 4.78 is 39.6. The van der Waals surface area contributed by atoms with E-state index in [2.05, 4.69) is 0 Å². The lowest BCUT2D eigenvalue weighted by molar-refractivity contribution is 0.249. The average Bonchev–Trinajstić information content (AvgIpc) is 2.26. The Morgan fingerprint density at radius 1 is 1.47 bits per heavy atom. The molecule has 0 unspecified atom stereocenters. The van der Waals surface area contributed by atoms with Crippen LogP contribution in [-0.2, 0) is 10.0 Å². The Labute approximate surface area is 117 Å². The SMILES string of the molecule is CN(C1CCC1)S(=O)(=O)c1ccc(F)c(C(N)=S)c1. The number of hydrogen-bond acceptors (Lipinski definition) is 3. The second-order valence-electron chi connectivity index (χ2n) is 4.61. The maximum absolute atomic E-state index is 13.5. The first-order chi connectivity index (χ1) is 8.84. The summed E-state index contributed by atoms with van der Waals surface area (Å²) in [6.07, 6.45) is 2.75. The lowest BCUT2D eigenvalue weighted by Crippen LogP contribution is -2.41. The molecule has 1 fully saturated rings. The van der Waals surface area contributed by atoms with E-state index in [4.69, 9.17) is 18.0 Å². The number of nitrogens with zero attached hydrogens (tertiary/aromatic N) is 1. The number of rotatable bonds is 4.